The maximum absolute atomic E-state index is 12.4. The van der Waals surface area contributed by atoms with E-state index in [1.54, 1.807) is 0 Å². The highest BCUT2D eigenvalue weighted by molar-refractivity contribution is 5.78. The lowest BCUT2D eigenvalue weighted by Crippen LogP contribution is -2.58. The van der Waals surface area contributed by atoms with Gasteiger partial charge in [0.15, 0.2) is 23.0 Å². The van der Waals surface area contributed by atoms with Crippen LogP contribution in [0.3, 0.4) is 0 Å². The van der Waals surface area contributed by atoms with Crippen LogP contribution >= 0.6 is 0 Å². The number of nitrogens with two attached hydrogens (primary N) is 4. The van der Waals surface area contributed by atoms with Crippen molar-refractivity contribution in [3.05, 3.63) is 22.8 Å². The van der Waals surface area contributed by atoms with E-state index >= 15 is 0 Å². The summed E-state index contributed by atoms with van der Waals surface area (Å²) in [6.45, 7) is -0.374. The van der Waals surface area contributed by atoms with Crippen LogP contribution in [0.25, 0.3) is 11.4 Å². The van der Waals surface area contributed by atoms with E-state index in [9.17, 15) is 10.4 Å². The Hall–Kier alpha value is -2.80. The van der Waals surface area contributed by atoms with Crippen LogP contribution < -0.4 is 41.9 Å². The van der Waals surface area contributed by atoms with E-state index < -0.39 is 11.3 Å². The number of aromatic nitrogens is 2. The van der Waals surface area contributed by atoms with Crippen molar-refractivity contribution in [3.8, 4) is 34.4 Å². The van der Waals surface area contributed by atoms with Gasteiger partial charge in [-0.1, -0.05) is 0 Å². The highest BCUT2D eigenvalue weighted by atomic mass is 16.6. The van der Waals surface area contributed by atoms with E-state index in [1.807, 2.05) is 0 Å². The van der Waals surface area contributed by atoms with Gasteiger partial charge in [-0.15, -0.1) is 0 Å². The molecule has 0 spiro atoms. The molecular weight excluding hydrogens is 348 g/mol. The second kappa shape index (κ2) is 5.35. The first kappa shape index (κ1) is 16.7. The third kappa shape index (κ3) is 2.64. The Labute approximate surface area is 147 Å². The van der Waals surface area contributed by atoms with Crippen LogP contribution in [-0.2, 0) is 0 Å². The summed E-state index contributed by atoms with van der Waals surface area (Å²) in [5.74, 6) is 0.305. The van der Waals surface area contributed by atoms with Crippen LogP contribution in [0.1, 0.15) is 0 Å². The molecule has 0 saturated heterocycles. The average molecular weight is 366 g/mol. The molecule has 0 aliphatic carbocycles. The molecule has 0 saturated carbocycles. The first-order valence-electron chi connectivity index (χ1n) is 7.70. The lowest BCUT2D eigenvalue weighted by molar-refractivity contribution is 0.182. The summed E-state index contributed by atoms with van der Waals surface area (Å²) in [7, 11) is 0. The molecule has 4 heterocycles. The number of hydrogen-bond acceptors (Lipinski definition) is 10. The first-order valence-corrected chi connectivity index (χ1v) is 7.70. The third-order valence-corrected chi connectivity index (χ3v) is 3.98. The van der Waals surface area contributed by atoms with Crippen LogP contribution in [0.5, 0.6) is 23.0 Å². The Bertz CT molecular complexity index is 786. The van der Waals surface area contributed by atoms with E-state index in [2.05, 4.69) is 0 Å². The maximum Gasteiger partial charge on any atom is 0.188 e. The maximum atomic E-state index is 12.4. The van der Waals surface area contributed by atoms with Gasteiger partial charge in [0.05, 0.1) is 0 Å². The Morgan fingerprint density at radius 3 is 1.42 bits per heavy atom. The van der Waals surface area contributed by atoms with Gasteiger partial charge in [-0.2, -0.15) is 0 Å². The lowest BCUT2D eigenvalue weighted by atomic mass is 10.2. The minimum absolute atomic E-state index is 0.0374. The predicted molar refractivity (Wildman–Crippen MR) is 89.6 cm³/mol. The molecule has 0 fully saturated rings. The van der Waals surface area contributed by atoms with E-state index in [-0.39, 0.29) is 60.8 Å². The molecule has 2 aromatic heterocycles. The van der Waals surface area contributed by atoms with Gasteiger partial charge in [-0.3, -0.25) is 0 Å². The van der Waals surface area contributed by atoms with Crippen molar-refractivity contribution >= 4 is 0 Å². The second-order valence-electron chi connectivity index (χ2n) is 6.61. The van der Waals surface area contributed by atoms with Crippen molar-refractivity contribution in [2.45, 2.75) is 11.3 Å². The summed E-state index contributed by atoms with van der Waals surface area (Å²) in [6, 6.07) is 0. The molecule has 8 N–H and O–H groups in total. The topological polar surface area (TPSA) is 197 Å². The van der Waals surface area contributed by atoms with Crippen molar-refractivity contribution in [3.63, 3.8) is 0 Å². The summed E-state index contributed by atoms with van der Waals surface area (Å²) in [4.78, 5) is 0. The van der Waals surface area contributed by atoms with Crippen LogP contribution in [0, 0.1) is 10.4 Å². The highest BCUT2D eigenvalue weighted by Crippen LogP contribution is 2.48. The Morgan fingerprint density at radius 1 is 0.692 bits per heavy atom. The summed E-state index contributed by atoms with van der Waals surface area (Å²) in [5, 5.41) is 24.9. The van der Waals surface area contributed by atoms with Crippen molar-refractivity contribution in [1.82, 2.24) is 9.46 Å². The summed E-state index contributed by atoms with van der Waals surface area (Å²) < 4.78 is 22.9. The van der Waals surface area contributed by atoms with Gasteiger partial charge < -0.3 is 61.8 Å². The molecule has 26 heavy (non-hydrogen) atoms. The second-order valence-corrected chi connectivity index (χ2v) is 6.61. The van der Waals surface area contributed by atoms with Crippen LogP contribution in [0.15, 0.2) is 12.4 Å². The predicted octanol–water partition coefficient (Wildman–Crippen LogP) is -1.58. The van der Waals surface area contributed by atoms with E-state index in [0.717, 1.165) is 12.4 Å². The molecule has 0 aromatic carbocycles. The van der Waals surface area contributed by atoms with Crippen LogP contribution in [-0.4, -0.2) is 47.2 Å². The number of hydrogen-bond donors (Lipinski definition) is 4. The Balaban J connectivity index is 1.81. The van der Waals surface area contributed by atoms with Gasteiger partial charge in [0.1, 0.15) is 49.1 Å². The first-order chi connectivity index (χ1) is 12.2. The van der Waals surface area contributed by atoms with Crippen molar-refractivity contribution in [1.29, 1.82) is 0 Å². The zero-order chi connectivity index (χ0) is 18.7. The number of nitrogens with zero attached hydrogens (tertiary/aromatic N) is 2. The molecule has 2 aromatic rings. The standard InChI is InChI=1S/C14H18N6O6/c15-13(16)3-23-7-1-19(21)9(11(7)25-5-13)10-12-8(2-20(10)22)24-4-14(17,18)6-26-12/h1-2H,3-6,15-18H2/q-2. The molecule has 12 heteroatoms. The number of ether oxygens (including phenoxy) is 4. The van der Waals surface area contributed by atoms with E-state index in [0.29, 0.717) is 9.46 Å². The van der Waals surface area contributed by atoms with Gasteiger partial charge in [0, 0.05) is 12.4 Å². The van der Waals surface area contributed by atoms with Gasteiger partial charge in [0.25, 0.3) is 0 Å². The molecule has 2 aliphatic heterocycles. The van der Waals surface area contributed by atoms with Crippen molar-refractivity contribution in [2.75, 3.05) is 26.4 Å². The van der Waals surface area contributed by atoms with Gasteiger partial charge in [-0.05, 0) is 0 Å². The van der Waals surface area contributed by atoms with Gasteiger partial charge >= 0.3 is 0 Å². The third-order valence-electron chi connectivity index (χ3n) is 3.98. The fourth-order valence-electron chi connectivity index (χ4n) is 2.72. The molecule has 0 radical (unpaired) electrons. The van der Waals surface area contributed by atoms with Crippen LogP contribution in [0.4, 0.5) is 0 Å². The fraction of sp³-hybridized carbons (Fsp3) is 0.429. The summed E-state index contributed by atoms with van der Waals surface area (Å²) >= 11 is 0. The fourth-order valence-corrected chi connectivity index (χ4v) is 2.72. The van der Waals surface area contributed by atoms with Gasteiger partial charge in [0.2, 0.25) is 0 Å². The molecule has 0 atom stereocenters. The summed E-state index contributed by atoms with van der Waals surface area (Å²) in [5.41, 5.74) is 20.6. The summed E-state index contributed by atoms with van der Waals surface area (Å²) in [6.07, 6.45) is 2.25. The number of rotatable bonds is 1. The number of fused-ring (bicyclic) bond motifs is 2. The molecule has 12 nitrogen and oxygen atoms in total. The van der Waals surface area contributed by atoms with Crippen molar-refractivity contribution < 1.29 is 18.9 Å². The normalized spacial score (nSPS) is 20.3. The minimum atomic E-state index is -1.24. The monoisotopic (exact) mass is 366 g/mol. The smallest absolute Gasteiger partial charge is 0.188 e. The molecule has 0 bridgehead atoms. The molecule has 2 aliphatic rings. The molecule has 4 rings (SSSR count). The molecular formula is C14H18N6O6-2. The lowest BCUT2D eigenvalue weighted by Gasteiger charge is -2.23. The SMILES string of the molecule is NC1(N)COc2cn([O-])c(-c3c4c(cn3[O-])OCC(N)(N)CO4)c2OC1. The van der Waals surface area contributed by atoms with E-state index in [4.69, 9.17) is 41.9 Å². The molecule has 0 unspecified atom stereocenters. The minimum Gasteiger partial charge on any atom is -0.805 e. The zero-order valence-corrected chi connectivity index (χ0v) is 13.6. The quantitative estimate of drug-likeness (QED) is 0.427. The van der Waals surface area contributed by atoms with Gasteiger partial charge in [-0.25, -0.2) is 0 Å². The highest BCUT2D eigenvalue weighted by Gasteiger charge is 2.34. The van der Waals surface area contributed by atoms with Crippen molar-refractivity contribution in [2.24, 2.45) is 22.9 Å². The Morgan fingerprint density at radius 2 is 1.04 bits per heavy atom. The van der Waals surface area contributed by atoms with E-state index in [1.165, 1.54) is 0 Å². The Kier molecular flexibility index (Phi) is 3.43. The average Bonchev–Trinajstić information content (AvgIpc) is 2.91. The zero-order valence-electron chi connectivity index (χ0n) is 13.6. The largest absolute Gasteiger partial charge is 0.805 e. The molecule has 0 amide bonds. The molecule has 142 valence electrons. The van der Waals surface area contributed by atoms with Crippen LogP contribution in [0.2, 0.25) is 0 Å².